The maximum absolute atomic E-state index is 12.7. The Hall–Kier alpha value is -2.81. The van der Waals surface area contributed by atoms with E-state index in [4.69, 9.17) is 21.2 Å². The molecule has 0 saturated carbocycles. The largest absolute Gasteiger partial charge is 0.456 e. The molecule has 0 amide bonds. The Kier molecular flexibility index (Phi) is 6.04. The van der Waals surface area contributed by atoms with Gasteiger partial charge in [0.2, 0.25) is 0 Å². The fourth-order valence-corrected chi connectivity index (χ4v) is 2.14. The van der Waals surface area contributed by atoms with Gasteiger partial charge in [-0.05, 0) is 37.3 Å². The number of ether oxygens (including phenoxy) is 1. The second kappa shape index (κ2) is 8.05. The van der Waals surface area contributed by atoms with E-state index in [-0.39, 0.29) is 34.4 Å². The summed E-state index contributed by atoms with van der Waals surface area (Å²) < 4.78 is 43.4. The van der Waals surface area contributed by atoms with Gasteiger partial charge in [-0.2, -0.15) is 13.2 Å². The van der Waals surface area contributed by atoms with Crippen molar-refractivity contribution in [2.45, 2.75) is 13.1 Å². The standard InChI is InChI=1S/C16H12ClF3N2O4/c1-2-25-21-9-10-7-12(4-5-14(10)22(23)24)26-15-6-3-11(8-13(15)17)16(18,19)20/h3-9H,2H2,1H3. The highest BCUT2D eigenvalue weighted by Crippen LogP contribution is 2.37. The molecule has 0 atom stereocenters. The molecule has 2 aromatic rings. The SMILES string of the molecule is CCON=Cc1cc(Oc2ccc(C(F)(F)F)cc2Cl)ccc1[N+](=O)[O-]. The second-order valence-corrected chi connectivity index (χ2v) is 5.28. The smallest absolute Gasteiger partial charge is 0.416 e. The van der Waals surface area contributed by atoms with Crippen molar-refractivity contribution < 1.29 is 27.7 Å². The Morgan fingerprint density at radius 2 is 2.00 bits per heavy atom. The number of alkyl halides is 3. The Labute approximate surface area is 150 Å². The normalized spacial score (nSPS) is 11.6. The summed E-state index contributed by atoms with van der Waals surface area (Å²) >= 11 is 5.83. The van der Waals surface area contributed by atoms with Gasteiger partial charge in [-0.3, -0.25) is 10.1 Å². The van der Waals surface area contributed by atoms with Crippen molar-refractivity contribution in [2.24, 2.45) is 5.16 Å². The molecule has 0 heterocycles. The molecule has 0 N–H and O–H groups in total. The molecule has 0 fully saturated rings. The summed E-state index contributed by atoms with van der Waals surface area (Å²) in [4.78, 5) is 15.2. The molecule has 0 unspecified atom stereocenters. The minimum atomic E-state index is -4.53. The van der Waals surface area contributed by atoms with E-state index in [1.165, 1.54) is 18.2 Å². The van der Waals surface area contributed by atoms with E-state index in [9.17, 15) is 23.3 Å². The van der Waals surface area contributed by atoms with Crippen LogP contribution in [-0.4, -0.2) is 17.7 Å². The van der Waals surface area contributed by atoms with Gasteiger partial charge in [0.15, 0.2) is 0 Å². The third-order valence-corrected chi connectivity index (χ3v) is 3.37. The fourth-order valence-electron chi connectivity index (χ4n) is 1.92. The number of benzene rings is 2. The van der Waals surface area contributed by atoms with Crippen LogP contribution in [0.1, 0.15) is 18.1 Å². The topological polar surface area (TPSA) is 74.0 Å². The van der Waals surface area contributed by atoms with Crippen molar-refractivity contribution in [3.63, 3.8) is 0 Å². The van der Waals surface area contributed by atoms with Gasteiger partial charge < -0.3 is 9.57 Å². The van der Waals surface area contributed by atoms with Crippen LogP contribution in [0.15, 0.2) is 41.6 Å². The van der Waals surface area contributed by atoms with Crippen LogP contribution in [0, 0.1) is 10.1 Å². The molecule has 0 aromatic heterocycles. The number of hydrogen-bond donors (Lipinski definition) is 0. The van der Waals surface area contributed by atoms with Gasteiger partial charge in [0.1, 0.15) is 18.1 Å². The molecular weight excluding hydrogens is 377 g/mol. The fraction of sp³-hybridized carbons (Fsp3) is 0.188. The molecule has 0 bridgehead atoms. The minimum Gasteiger partial charge on any atom is -0.456 e. The molecule has 0 saturated heterocycles. The van der Waals surface area contributed by atoms with Crippen LogP contribution in [0.5, 0.6) is 11.5 Å². The third kappa shape index (κ3) is 4.85. The minimum absolute atomic E-state index is 0.0267. The Bertz CT molecular complexity index is 841. The Morgan fingerprint density at radius 1 is 1.27 bits per heavy atom. The molecule has 2 aromatic carbocycles. The van der Waals surface area contributed by atoms with Gasteiger partial charge in [0, 0.05) is 6.07 Å². The van der Waals surface area contributed by atoms with E-state index in [0.717, 1.165) is 24.4 Å². The van der Waals surface area contributed by atoms with E-state index in [1.807, 2.05) is 0 Å². The number of nitro groups is 1. The van der Waals surface area contributed by atoms with Crippen LogP contribution in [0.2, 0.25) is 5.02 Å². The number of halogens is 4. The zero-order valence-electron chi connectivity index (χ0n) is 13.3. The van der Waals surface area contributed by atoms with Gasteiger partial charge in [0.25, 0.3) is 5.69 Å². The molecule has 26 heavy (non-hydrogen) atoms. The monoisotopic (exact) mass is 388 g/mol. The van der Waals surface area contributed by atoms with Crippen LogP contribution >= 0.6 is 11.6 Å². The number of oxime groups is 1. The molecule has 6 nitrogen and oxygen atoms in total. The quantitative estimate of drug-likeness (QED) is 0.375. The van der Waals surface area contributed by atoms with Crippen molar-refractivity contribution in [3.8, 4) is 11.5 Å². The van der Waals surface area contributed by atoms with E-state index in [1.54, 1.807) is 6.92 Å². The van der Waals surface area contributed by atoms with Crippen LogP contribution in [0.25, 0.3) is 0 Å². The zero-order chi connectivity index (χ0) is 19.3. The average Bonchev–Trinajstić information content (AvgIpc) is 2.56. The molecule has 0 aliphatic carbocycles. The molecule has 10 heteroatoms. The predicted molar refractivity (Wildman–Crippen MR) is 88.8 cm³/mol. The van der Waals surface area contributed by atoms with Gasteiger partial charge in [0.05, 0.1) is 27.3 Å². The van der Waals surface area contributed by atoms with E-state index < -0.39 is 16.7 Å². The first-order valence-corrected chi connectivity index (χ1v) is 7.58. The summed E-state index contributed by atoms with van der Waals surface area (Å²) in [7, 11) is 0. The van der Waals surface area contributed by atoms with Crippen molar-refractivity contribution in [2.75, 3.05) is 6.61 Å². The van der Waals surface area contributed by atoms with Crippen LogP contribution in [0.3, 0.4) is 0 Å². The van der Waals surface area contributed by atoms with E-state index in [2.05, 4.69) is 5.16 Å². The van der Waals surface area contributed by atoms with E-state index >= 15 is 0 Å². The first-order valence-electron chi connectivity index (χ1n) is 7.20. The van der Waals surface area contributed by atoms with Crippen molar-refractivity contribution in [1.29, 1.82) is 0 Å². The highest BCUT2D eigenvalue weighted by atomic mass is 35.5. The summed E-state index contributed by atoms with van der Waals surface area (Å²) in [6, 6.07) is 6.41. The lowest BCUT2D eigenvalue weighted by molar-refractivity contribution is -0.385. The van der Waals surface area contributed by atoms with E-state index in [0.29, 0.717) is 0 Å². The maximum atomic E-state index is 12.7. The lowest BCUT2D eigenvalue weighted by Gasteiger charge is -2.11. The molecule has 138 valence electrons. The van der Waals surface area contributed by atoms with Crippen LogP contribution in [0.4, 0.5) is 18.9 Å². The molecule has 0 aliphatic rings. The number of hydrogen-bond acceptors (Lipinski definition) is 5. The first-order chi connectivity index (χ1) is 12.2. The van der Waals surface area contributed by atoms with Crippen molar-refractivity contribution in [1.82, 2.24) is 0 Å². The summed E-state index contributed by atoms with van der Waals surface area (Å²) in [6.45, 7) is 1.97. The lowest BCUT2D eigenvalue weighted by Crippen LogP contribution is -2.04. The number of nitro benzene ring substituents is 1. The van der Waals surface area contributed by atoms with Gasteiger partial charge in [-0.1, -0.05) is 16.8 Å². The molecule has 0 spiro atoms. The average molecular weight is 389 g/mol. The summed E-state index contributed by atoms with van der Waals surface area (Å²) in [5.74, 6) is 0.108. The van der Waals surface area contributed by atoms with Gasteiger partial charge in [-0.15, -0.1) is 0 Å². The molecule has 2 rings (SSSR count). The Morgan fingerprint density at radius 3 is 2.58 bits per heavy atom. The zero-order valence-corrected chi connectivity index (χ0v) is 14.0. The predicted octanol–water partition coefficient (Wildman–Crippen LogP) is 5.43. The van der Waals surface area contributed by atoms with Gasteiger partial charge in [-0.25, -0.2) is 0 Å². The van der Waals surface area contributed by atoms with Crippen LogP contribution in [-0.2, 0) is 11.0 Å². The highest BCUT2D eigenvalue weighted by molar-refractivity contribution is 6.32. The molecule has 0 radical (unpaired) electrons. The van der Waals surface area contributed by atoms with Crippen LogP contribution < -0.4 is 4.74 Å². The number of rotatable bonds is 6. The first kappa shape index (κ1) is 19.5. The summed E-state index contributed by atoms with van der Waals surface area (Å²) in [5.41, 5.74) is -1.05. The van der Waals surface area contributed by atoms with Gasteiger partial charge >= 0.3 is 6.18 Å². The highest BCUT2D eigenvalue weighted by Gasteiger charge is 2.31. The molecular formula is C16H12ClF3N2O4. The Balaban J connectivity index is 2.32. The van der Waals surface area contributed by atoms with Crippen molar-refractivity contribution in [3.05, 3.63) is 62.7 Å². The molecule has 0 aliphatic heterocycles. The lowest BCUT2D eigenvalue weighted by atomic mass is 10.2. The summed E-state index contributed by atoms with van der Waals surface area (Å²) in [6.07, 6.45) is -3.39. The summed E-state index contributed by atoms with van der Waals surface area (Å²) in [5, 5.41) is 14.4. The third-order valence-electron chi connectivity index (χ3n) is 3.08. The maximum Gasteiger partial charge on any atom is 0.416 e. The second-order valence-electron chi connectivity index (χ2n) is 4.88. The number of nitrogens with zero attached hydrogens (tertiary/aromatic N) is 2. The van der Waals surface area contributed by atoms with Crippen molar-refractivity contribution >= 4 is 23.5 Å².